The summed E-state index contributed by atoms with van der Waals surface area (Å²) in [7, 11) is 1.44. The Balaban J connectivity index is 1.27. The Morgan fingerprint density at radius 1 is 1.03 bits per heavy atom. The second-order valence-electron chi connectivity index (χ2n) is 12.8. The summed E-state index contributed by atoms with van der Waals surface area (Å²) in [5.41, 5.74) is -1.90. The number of carbonyl (C=O) groups excluding carboxylic acids is 2. The van der Waals surface area contributed by atoms with Gasteiger partial charge in [0.2, 0.25) is 0 Å². The third-order valence-electron chi connectivity index (χ3n) is 11.2. The van der Waals surface area contributed by atoms with Crippen LogP contribution in [0.15, 0.2) is 11.6 Å². The van der Waals surface area contributed by atoms with Crippen LogP contribution in [0.1, 0.15) is 59.8 Å². The van der Waals surface area contributed by atoms with Gasteiger partial charge in [-0.3, -0.25) is 9.59 Å². The molecule has 0 aromatic rings. The van der Waals surface area contributed by atoms with E-state index in [1.807, 2.05) is 13.8 Å². The van der Waals surface area contributed by atoms with E-state index >= 15 is 0 Å². The molecule has 0 bridgehead atoms. The van der Waals surface area contributed by atoms with Gasteiger partial charge in [0.1, 0.15) is 30.0 Å². The largest absolute Gasteiger partial charge is 0.388 e. The van der Waals surface area contributed by atoms with Crippen LogP contribution in [0, 0.1) is 28.6 Å². The summed E-state index contributed by atoms with van der Waals surface area (Å²) < 4.78 is 23.5. The van der Waals surface area contributed by atoms with Gasteiger partial charge in [0.25, 0.3) is 0 Å². The van der Waals surface area contributed by atoms with E-state index in [1.165, 1.54) is 7.11 Å². The lowest BCUT2D eigenvalue weighted by atomic mass is 9.45. The maximum atomic E-state index is 14.1. The molecular formula is C28H40O9. The number of Topliss-reactive ketones (excluding diaryl/α,β-unsaturated/α-hetero) is 2. The molecule has 0 aromatic carbocycles. The van der Waals surface area contributed by atoms with E-state index in [0.717, 1.165) is 5.57 Å². The predicted octanol–water partition coefficient (Wildman–Crippen LogP) is 1.30. The van der Waals surface area contributed by atoms with Crippen LogP contribution in [0.25, 0.3) is 0 Å². The average Bonchev–Trinajstić information content (AvgIpc) is 3.24. The van der Waals surface area contributed by atoms with Crippen molar-refractivity contribution in [2.24, 2.45) is 28.6 Å². The van der Waals surface area contributed by atoms with Crippen LogP contribution in [0.3, 0.4) is 0 Å². The van der Waals surface area contributed by atoms with Gasteiger partial charge in [-0.1, -0.05) is 25.5 Å². The van der Waals surface area contributed by atoms with E-state index in [2.05, 4.69) is 13.0 Å². The summed E-state index contributed by atoms with van der Waals surface area (Å²) in [6, 6.07) is 0. The van der Waals surface area contributed by atoms with E-state index < -0.39 is 65.1 Å². The number of allylic oxidation sites excluding steroid dienone is 1. The molecule has 5 fully saturated rings. The Morgan fingerprint density at radius 3 is 2.46 bits per heavy atom. The molecule has 2 aliphatic heterocycles. The standard InChI is InChI=1S/C28H40O9/c1-12-17-11-18(29)28(33)16-7-6-14-10-15(37-25-22(32)23(34-5)20(30)13(2)36-25)8-9-26(14,3)19(16)21(31)24(35-12)27(17,28)4/h6,12-13,15-17,19-20,22-25,30,32-33H,7-11H2,1-5H3/t12-,13+,15-,16+,17-,19+,20-,22+,23-,24-,25-,26-,27-,28+/m0/s1. The Kier molecular flexibility index (Phi) is 5.91. The summed E-state index contributed by atoms with van der Waals surface area (Å²) in [6.45, 7) is 7.59. The number of ether oxygens (including phenoxy) is 4. The van der Waals surface area contributed by atoms with Crippen molar-refractivity contribution in [3.8, 4) is 0 Å². The molecule has 4 aliphatic carbocycles. The highest BCUT2D eigenvalue weighted by Crippen LogP contribution is 2.69. The quantitative estimate of drug-likeness (QED) is 0.471. The maximum absolute atomic E-state index is 14.1. The zero-order valence-corrected chi connectivity index (χ0v) is 22.3. The Bertz CT molecular complexity index is 1030. The molecule has 9 nitrogen and oxygen atoms in total. The van der Waals surface area contributed by atoms with Crippen molar-refractivity contribution in [3.63, 3.8) is 0 Å². The molecule has 2 saturated heterocycles. The number of carbonyl (C=O) groups is 2. The van der Waals surface area contributed by atoms with Crippen LogP contribution in [-0.2, 0) is 28.5 Å². The highest BCUT2D eigenvalue weighted by Gasteiger charge is 2.79. The molecule has 0 unspecified atom stereocenters. The second kappa shape index (κ2) is 8.40. The maximum Gasteiger partial charge on any atom is 0.186 e. The van der Waals surface area contributed by atoms with Gasteiger partial charge < -0.3 is 34.3 Å². The first-order valence-electron chi connectivity index (χ1n) is 13.7. The average molecular weight is 521 g/mol. The van der Waals surface area contributed by atoms with Crippen molar-refractivity contribution in [1.29, 1.82) is 0 Å². The Labute approximate surface area is 217 Å². The number of hydrogen-bond donors (Lipinski definition) is 3. The number of hydrogen-bond acceptors (Lipinski definition) is 9. The normalized spacial score (nSPS) is 57.0. The number of fused-ring (bicyclic) bond motifs is 4. The number of aliphatic hydroxyl groups excluding tert-OH is 2. The van der Waals surface area contributed by atoms with Crippen LogP contribution in [0.4, 0.5) is 0 Å². The van der Waals surface area contributed by atoms with Crippen LogP contribution in [0.5, 0.6) is 0 Å². The van der Waals surface area contributed by atoms with Crippen molar-refractivity contribution < 1.29 is 43.9 Å². The monoisotopic (exact) mass is 520 g/mol. The Hall–Kier alpha value is -1.20. The van der Waals surface area contributed by atoms with Crippen molar-refractivity contribution in [3.05, 3.63) is 11.6 Å². The topological polar surface area (TPSA) is 132 Å². The molecule has 3 N–H and O–H groups in total. The third-order valence-corrected chi connectivity index (χ3v) is 11.2. The zero-order chi connectivity index (χ0) is 26.7. The fourth-order valence-electron chi connectivity index (χ4n) is 9.12. The molecule has 3 saturated carbocycles. The van der Waals surface area contributed by atoms with E-state index in [0.29, 0.717) is 25.7 Å². The van der Waals surface area contributed by atoms with E-state index in [9.17, 15) is 24.9 Å². The van der Waals surface area contributed by atoms with E-state index in [1.54, 1.807) is 6.92 Å². The van der Waals surface area contributed by atoms with Crippen molar-refractivity contribution >= 4 is 11.6 Å². The molecular weight excluding hydrogens is 480 g/mol. The number of aliphatic hydroxyl groups is 3. The highest BCUT2D eigenvalue weighted by atomic mass is 16.7. The van der Waals surface area contributed by atoms with Crippen molar-refractivity contribution in [2.75, 3.05) is 7.11 Å². The van der Waals surface area contributed by atoms with Gasteiger partial charge in [-0.05, 0) is 44.9 Å². The van der Waals surface area contributed by atoms with Gasteiger partial charge in [-0.2, -0.15) is 0 Å². The van der Waals surface area contributed by atoms with Gasteiger partial charge in [0.15, 0.2) is 17.9 Å². The first kappa shape index (κ1) is 26.0. The zero-order valence-electron chi connectivity index (χ0n) is 22.3. The minimum absolute atomic E-state index is 0.0190. The molecule has 206 valence electrons. The van der Waals surface area contributed by atoms with Gasteiger partial charge in [-0.25, -0.2) is 0 Å². The predicted molar refractivity (Wildman–Crippen MR) is 129 cm³/mol. The minimum Gasteiger partial charge on any atom is -0.388 e. The summed E-state index contributed by atoms with van der Waals surface area (Å²) in [5.74, 6) is -1.25. The lowest BCUT2D eigenvalue weighted by Gasteiger charge is -2.59. The van der Waals surface area contributed by atoms with Gasteiger partial charge in [-0.15, -0.1) is 0 Å². The molecule has 0 radical (unpaired) electrons. The molecule has 0 spiro atoms. The minimum atomic E-state index is -1.57. The van der Waals surface area contributed by atoms with Gasteiger partial charge in [0.05, 0.1) is 18.3 Å². The molecule has 37 heavy (non-hydrogen) atoms. The summed E-state index contributed by atoms with van der Waals surface area (Å²) in [6.07, 6.45) is -1.04. The molecule has 2 heterocycles. The molecule has 6 aliphatic rings. The second-order valence-corrected chi connectivity index (χ2v) is 12.8. The van der Waals surface area contributed by atoms with Gasteiger partial charge in [0, 0.05) is 36.7 Å². The van der Waals surface area contributed by atoms with Crippen molar-refractivity contribution in [1.82, 2.24) is 0 Å². The van der Waals surface area contributed by atoms with Crippen LogP contribution >= 0.6 is 0 Å². The lowest BCUT2D eigenvalue weighted by molar-refractivity contribution is -0.309. The van der Waals surface area contributed by atoms with Crippen molar-refractivity contribution in [2.45, 2.75) is 114 Å². The number of ketones is 2. The highest BCUT2D eigenvalue weighted by molar-refractivity contribution is 5.99. The van der Waals surface area contributed by atoms with Crippen LogP contribution in [-0.4, -0.2) is 88.6 Å². The fraction of sp³-hybridized carbons (Fsp3) is 0.857. The Morgan fingerprint density at radius 2 is 1.76 bits per heavy atom. The van der Waals surface area contributed by atoms with Crippen LogP contribution in [0.2, 0.25) is 0 Å². The van der Waals surface area contributed by atoms with E-state index in [4.69, 9.17) is 18.9 Å². The SMILES string of the molecule is CO[C@H]1[C@@H](O)[C@@H](C)O[C@@H](O[C@H]2CC[C@@]3(C)C(=CC[C@@H]4[C@@H]3C(=O)[C@@H]3O[C@@H](C)[C@@H]5CC(=O)[C@@]4(O)[C@]35C)C2)[C@@H]1O. The first-order valence-corrected chi connectivity index (χ1v) is 13.7. The molecule has 0 amide bonds. The summed E-state index contributed by atoms with van der Waals surface area (Å²) in [5, 5.41) is 33.1. The molecule has 9 heteroatoms. The third kappa shape index (κ3) is 3.16. The first-order chi connectivity index (χ1) is 17.4. The summed E-state index contributed by atoms with van der Waals surface area (Å²) >= 11 is 0. The fourth-order valence-corrected chi connectivity index (χ4v) is 9.12. The smallest absolute Gasteiger partial charge is 0.186 e. The molecule has 6 rings (SSSR count). The number of methoxy groups -OCH3 is 1. The lowest BCUT2D eigenvalue weighted by Crippen LogP contribution is -2.70. The molecule has 0 aromatic heterocycles. The molecule has 14 atom stereocenters. The summed E-state index contributed by atoms with van der Waals surface area (Å²) in [4.78, 5) is 27.5. The van der Waals surface area contributed by atoms with Crippen LogP contribution < -0.4 is 0 Å². The van der Waals surface area contributed by atoms with Gasteiger partial charge >= 0.3 is 0 Å². The number of rotatable bonds is 3. The van der Waals surface area contributed by atoms with E-state index in [-0.39, 0.29) is 36.1 Å².